The summed E-state index contributed by atoms with van der Waals surface area (Å²) in [5.41, 5.74) is 6.39. The molecule has 148 valence electrons. The van der Waals surface area contributed by atoms with Crippen LogP contribution in [0.1, 0.15) is 15.9 Å². The van der Waals surface area contributed by atoms with Crippen LogP contribution in [0.25, 0.3) is 0 Å². The van der Waals surface area contributed by atoms with E-state index < -0.39 is 5.91 Å². The number of ether oxygens (including phenoxy) is 2. The van der Waals surface area contributed by atoms with Crippen LogP contribution in [0, 0.1) is 0 Å². The van der Waals surface area contributed by atoms with Crippen LogP contribution < -0.4 is 25.3 Å². The maximum absolute atomic E-state index is 11.5. The van der Waals surface area contributed by atoms with Crippen molar-refractivity contribution < 1.29 is 24.7 Å². The monoisotopic (exact) mass is 386 g/mol. The van der Waals surface area contributed by atoms with Gasteiger partial charge in [-0.15, -0.1) is 0 Å². The molecule has 0 bridgehead atoms. The van der Waals surface area contributed by atoms with Crippen molar-refractivity contribution in [3.63, 3.8) is 0 Å². The molecule has 0 unspecified atom stereocenters. The molecule has 4 rings (SSSR count). The molecular formula is C19H22N4O5. The smallest absolute Gasteiger partial charge is 0.274 e. The highest BCUT2D eigenvalue weighted by molar-refractivity contribution is 5.95. The number of nitrogens with one attached hydrogen (secondary N) is 2. The van der Waals surface area contributed by atoms with Gasteiger partial charge in [-0.3, -0.25) is 25.6 Å². The molecule has 1 fully saturated rings. The maximum Gasteiger partial charge on any atom is 0.274 e. The number of rotatable bonds is 5. The molecule has 2 aromatic rings. The molecule has 9 heteroatoms. The van der Waals surface area contributed by atoms with Crippen LogP contribution in [0.5, 0.6) is 11.5 Å². The summed E-state index contributed by atoms with van der Waals surface area (Å²) in [5.74, 6) is 0.953. The number of benzene rings is 2. The Balaban J connectivity index is 1.39. The molecule has 0 spiro atoms. The normalized spacial score (nSPS) is 16.1. The van der Waals surface area contributed by atoms with Gasteiger partial charge in [0.15, 0.2) is 11.5 Å². The van der Waals surface area contributed by atoms with Crippen molar-refractivity contribution in [2.24, 2.45) is 0 Å². The molecule has 1 saturated heterocycles. The van der Waals surface area contributed by atoms with Crippen molar-refractivity contribution in [2.45, 2.75) is 6.54 Å². The van der Waals surface area contributed by atoms with E-state index in [-0.39, 0.29) is 12.4 Å². The summed E-state index contributed by atoms with van der Waals surface area (Å²) in [6, 6.07) is 10.9. The van der Waals surface area contributed by atoms with Crippen LogP contribution in [0.15, 0.2) is 36.4 Å². The van der Waals surface area contributed by atoms with Crippen molar-refractivity contribution in [2.75, 3.05) is 43.4 Å². The molecule has 1 amide bonds. The molecule has 28 heavy (non-hydrogen) atoms. The van der Waals surface area contributed by atoms with E-state index in [1.807, 2.05) is 12.1 Å². The number of hydroxylamine groups is 1. The Morgan fingerprint density at radius 1 is 1.00 bits per heavy atom. The molecule has 0 radical (unpaired) electrons. The van der Waals surface area contributed by atoms with Gasteiger partial charge in [-0.05, 0) is 35.9 Å². The number of hydrogen-bond acceptors (Lipinski definition) is 8. The maximum atomic E-state index is 11.5. The molecule has 2 aliphatic rings. The minimum Gasteiger partial charge on any atom is -0.454 e. The number of piperazine rings is 1. The number of amides is 1. The van der Waals surface area contributed by atoms with E-state index in [0.717, 1.165) is 49.9 Å². The Labute approximate surface area is 162 Å². The second kappa shape index (κ2) is 7.93. The zero-order valence-electron chi connectivity index (χ0n) is 15.2. The first-order valence-corrected chi connectivity index (χ1v) is 9.02. The van der Waals surface area contributed by atoms with Crippen LogP contribution in [-0.2, 0) is 6.54 Å². The van der Waals surface area contributed by atoms with Crippen molar-refractivity contribution in [1.29, 1.82) is 0 Å². The number of fused-ring (bicyclic) bond motifs is 1. The summed E-state index contributed by atoms with van der Waals surface area (Å²) in [4.78, 5) is 16.1. The van der Waals surface area contributed by atoms with Crippen LogP contribution in [0.2, 0.25) is 0 Å². The van der Waals surface area contributed by atoms with E-state index in [0.29, 0.717) is 5.69 Å². The number of carbonyl (C=O) groups is 1. The summed E-state index contributed by atoms with van der Waals surface area (Å²) in [6.45, 7) is 4.38. The van der Waals surface area contributed by atoms with Crippen molar-refractivity contribution in [1.82, 2.24) is 10.4 Å². The largest absolute Gasteiger partial charge is 0.454 e. The molecule has 0 aromatic heterocycles. The second-order valence-corrected chi connectivity index (χ2v) is 6.74. The van der Waals surface area contributed by atoms with E-state index >= 15 is 0 Å². The Kier molecular flexibility index (Phi) is 5.20. The molecule has 2 aliphatic heterocycles. The van der Waals surface area contributed by atoms with Crippen LogP contribution in [0.3, 0.4) is 0 Å². The highest BCUT2D eigenvalue weighted by Gasteiger charge is 2.21. The second-order valence-electron chi connectivity index (χ2n) is 6.74. The van der Waals surface area contributed by atoms with Gasteiger partial charge in [0.25, 0.3) is 5.91 Å². The molecule has 0 aliphatic carbocycles. The number of nitrogens with zero attached hydrogens (tertiary/aromatic N) is 2. The van der Waals surface area contributed by atoms with Gasteiger partial charge < -0.3 is 14.4 Å². The van der Waals surface area contributed by atoms with E-state index in [1.54, 1.807) is 17.6 Å². The Hall–Kier alpha value is -3.01. The number of anilines is 2. The fourth-order valence-corrected chi connectivity index (χ4v) is 3.55. The molecule has 9 nitrogen and oxygen atoms in total. The fourth-order valence-electron chi connectivity index (χ4n) is 3.55. The van der Waals surface area contributed by atoms with Gasteiger partial charge in [-0.2, -0.15) is 0 Å². The SMILES string of the molecule is O=C(NO)c1ccc(N2CCN(Cc3ccc4c(c3)OCO4)CC2)c(NO)c1. The lowest BCUT2D eigenvalue weighted by atomic mass is 10.1. The van der Waals surface area contributed by atoms with Crippen molar-refractivity contribution >= 4 is 17.3 Å². The average molecular weight is 386 g/mol. The van der Waals surface area contributed by atoms with Crippen LogP contribution in [-0.4, -0.2) is 54.2 Å². The quantitative estimate of drug-likeness (QED) is 0.454. The third-order valence-corrected chi connectivity index (χ3v) is 5.04. The van der Waals surface area contributed by atoms with E-state index in [1.165, 1.54) is 11.6 Å². The van der Waals surface area contributed by atoms with Crippen LogP contribution >= 0.6 is 0 Å². The Morgan fingerprint density at radius 2 is 1.79 bits per heavy atom. The number of carbonyl (C=O) groups excluding carboxylic acids is 1. The minimum atomic E-state index is -0.628. The van der Waals surface area contributed by atoms with Crippen LogP contribution in [0.4, 0.5) is 11.4 Å². The third kappa shape index (κ3) is 3.68. The third-order valence-electron chi connectivity index (χ3n) is 5.04. The van der Waals surface area contributed by atoms with Gasteiger partial charge in [-0.25, -0.2) is 5.48 Å². The molecule has 2 heterocycles. The highest BCUT2D eigenvalue weighted by atomic mass is 16.7. The topological polar surface area (TPSA) is 107 Å². The predicted octanol–water partition coefficient (Wildman–Crippen LogP) is 1.66. The lowest BCUT2D eigenvalue weighted by molar-refractivity contribution is 0.0706. The molecular weight excluding hydrogens is 364 g/mol. The first kappa shape index (κ1) is 18.4. The van der Waals surface area contributed by atoms with Gasteiger partial charge in [0.1, 0.15) is 0 Å². The minimum absolute atomic E-state index is 0.254. The predicted molar refractivity (Wildman–Crippen MR) is 101 cm³/mol. The van der Waals surface area contributed by atoms with Gasteiger partial charge in [-0.1, -0.05) is 6.07 Å². The Morgan fingerprint density at radius 3 is 2.54 bits per heavy atom. The fraction of sp³-hybridized carbons (Fsp3) is 0.316. The van der Waals surface area contributed by atoms with Gasteiger partial charge in [0.2, 0.25) is 6.79 Å². The van der Waals surface area contributed by atoms with Gasteiger partial charge in [0.05, 0.1) is 11.4 Å². The molecule has 0 atom stereocenters. The summed E-state index contributed by atoms with van der Waals surface area (Å²) in [7, 11) is 0. The van der Waals surface area contributed by atoms with Crippen molar-refractivity contribution in [3.05, 3.63) is 47.5 Å². The molecule has 4 N–H and O–H groups in total. The van der Waals surface area contributed by atoms with Crippen molar-refractivity contribution in [3.8, 4) is 11.5 Å². The zero-order chi connectivity index (χ0) is 19.5. The van der Waals surface area contributed by atoms with Gasteiger partial charge in [0, 0.05) is 38.3 Å². The standard InChI is InChI=1S/C19H22N4O5/c24-19(21-26)14-2-3-16(15(10-14)20-25)23-7-5-22(6-8-23)11-13-1-4-17-18(9-13)28-12-27-17/h1-4,9-10,20,25-26H,5-8,11-12H2,(H,21,24). The molecule has 0 saturated carbocycles. The lowest BCUT2D eigenvalue weighted by Gasteiger charge is -2.37. The summed E-state index contributed by atoms with van der Waals surface area (Å²) < 4.78 is 10.8. The van der Waals surface area contributed by atoms with E-state index in [2.05, 4.69) is 21.3 Å². The van der Waals surface area contributed by atoms with Gasteiger partial charge >= 0.3 is 0 Å². The average Bonchev–Trinajstić information content (AvgIpc) is 3.21. The molecule has 2 aromatic carbocycles. The lowest BCUT2D eigenvalue weighted by Crippen LogP contribution is -2.46. The summed E-state index contributed by atoms with van der Waals surface area (Å²) in [6.07, 6.45) is 0. The van der Waals surface area contributed by atoms with E-state index in [4.69, 9.17) is 14.7 Å². The zero-order valence-corrected chi connectivity index (χ0v) is 15.2. The number of hydrogen-bond donors (Lipinski definition) is 4. The highest BCUT2D eigenvalue weighted by Crippen LogP contribution is 2.33. The summed E-state index contributed by atoms with van der Waals surface area (Å²) >= 11 is 0. The first-order valence-electron chi connectivity index (χ1n) is 9.02. The summed E-state index contributed by atoms with van der Waals surface area (Å²) in [5, 5.41) is 18.2. The first-order chi connectivity index (χ1) is 13.7. The van der Waals surface area contributed by atoms with E-state index in [9.17, 15) is 10.0 Å². The Bertz CT molecular complexity index is 867.